The highest BCUT2D eigenvalue weighted by atomic mass is 16.7. The first-order valence-electron chi connectivity index (χ1n) is 47.4. The summed E-state index contributed by atoms with van der Waals surface area (Å²) in [4.78, 5) is 55.6. The molecule has 0 aromatic heterocycles. The number of hydrazine groups is 4. The predicted octanol–water partition coefficient (Wildman–Crippen LogP) is -2.56. The normalized spacial score (nSPS) is 21.6. The van der Waals surface area contributed by atoms with Crippen LogP contribution in [0, 0.1) is 0 Å². The van der Waals surface area contributed by atoms with Gasteiger partial charge in [0.15, 0.2) is 46.7 Å². The van der Waals surface area contributed by atoms with Crippen LogP contribution in [0.1, 0.15) is 26.3 Å². The number of nitrogens with one attached hydrogen (secondary N) is 4. The maximum atomic E-state index is 11.7. The molecule has 52 nitrogen and oxygen atoms in total. The molecule has 6 aliphatic heterocycles. The summed E-state index contributed by atoms with van der Waals surface area (Å²) in [5.41, 5.74) is 9.92. The molecule has 0 saturated carbocycles. The molecule has 0 radical (unpaired) electrons. The summed E-state index contributed by atoms with van der Waals surface area (Å²) in [6, 6.07) is 15.3. The molecular formula is C90H158N10O42. The fourth-order valence-electron chi connectivity index (χ4n) is 11.3. The van der Waals surface area contributed by atoms with E-state index in [0.717, 1.165) is 5.56 Å². The molecule has 3 unspecified atom stereocenters. The highest BCUT2D eigenvalue weighted by Gasteiger charge is 2.22. The molecule has 3 saturated heterocycles. The largest absolute Gasteiger partial charge is 0.487 e. The monoisotopic (exact) mass is 2050 g/mol. The molecule has 0 spiro atoms. The molecule has 6 aliphatic rings. The minimum absolute atomic E-state index is 0.103. The lowest BCUT2D eigenvalue weighted by atomic mass is 10.2. The summed E-state index contributed by atoms with van der Waals surface area (Å²) in [6.45, 7) is 29.0. The number of hydrogen-bond donors (Lipinski definition) is 10. The van der Waals surface area contributed by atoms with Crippen LogP contribution in [0.5, 0.6) is 34.5 Å². The minimum Gasteiger partial charge on any atom is -0.487 e. The van der Waals surface area contributed by atoms with E-state index in [1.165, 1.54) is 0 Å². The summed E-state index contributed by atoms with van der Waals surface area (Å²) >= 11 is 0. The molecule has 16 N–H and O–H groups in total. The lowest BCUT2D eigenvalue weighted by Crippen LogP contribution is -2.43. The average Bonchev–Trinajstić information content (AvgIpc) is 0.873. The van der Waals surface area contributed by atoms with Crippen LogP contribution in [0.3, 0.4) is 0 Å². The van der Waals surface area contributed by atoms with Crippen LogP contribution in [0.25, 0.3) is 0 Å². The van der Waals surface area contributed by atoms with Gasteiger partial charge in [-0.3, -0.25) is 45.7 Å². The molecule has 3 aromatic rings. The van der Waals surface area contributed by atoms with Gasteiger partial charge in [0.2, 0.25) is 0 Å². The molecular weight excluding hydrogens is 1890 g/mol. The first-order chi connectivity index (χ1) is 70.1. The van der Waals surface area contributed by atoms with E-state index in [0.29, 0.717) is 435 Å². The van der Waals surface area contributed by atoms with Gasteiger partial charge in [0, 0.05) is 11.1 Å². The van der Waals surface area contributed by atoms with E-state index >= 15 is 0 Å². The lowest BCUT2D eigenvalue weighted by Gasteiger charge is -2.17. The van der Waals surface area contributed by atoms with Crippen molar-refractivity contribution in [3.8, 4) is 34.5 Å². The molecule has 142 heavy (non-hydrogen) atoms. The van der Waals surface area contributed by atoms with Gasteiger partial charge in [-0.05, 0) is 54.1 Å². The van der Waals surface area contributed by atoms with Gasteiger partial charge in [-0.15, -0.1) is 0 Å². The van der Waals surface area contributed by atoms with Crippen molar-refractivity contribution in [3.05, 3.63) is 71.3 Å². The van der Waals surface area contributed by atoms with Crippen LogP contribution in [-0.2, 0) is 168 Å². The number of amides is 4. The number of fused-ring (bicyclic) bond motifs is 3. The summed E-state index contributed by atoms with van der Waals surface area (Å²) in [5, 5.41) is 0. The molecule has 3 fully saturated rings. The third-order valence-corrected chi connectivity index (χ3v) is 18.3. The zero-order valence-corrected chi connectivity index (χ0v) is 82.0. The van der Waals surface area contributed by atoms with Gasteiger partial charge in [-0.2, -0.15) is 0 Å². The SMILES string of the molecule is NNC(=O)C1COCCOCCOCCOCCO1.NNC(=O)C1COCCOCCOCCOCCOCCO1.NNC(=O)c1ccc2c(c1)OCCOCCOCCOCCO2.NNC(=O)c1ccc2c(c1)OCCOCCOCCOCCOCCO2.NOCC1COCCOCCOCCOCCOCCOCCO1.NOCc1ccc2c(c1)OCCOCCOCCOCCOCCOCCO2. The molecule has 3 aromatic carbocycles. The number of carbonyl (C=O) groups excluding carboxylic acids is 4. The van der Waals surface area contributed by atoms with Crippen molar-refractivity contribution in [1.82, 2.24) is 21.7 Å². The second kappa shape index (κ2) is 96.0. The van der Waals surface area contributed by atoms with Gasteiger partial charge in [-0.25, -0.2) is 35.2 Å². The number of nitrogens with two attached hydrogens (primary N) is 6. The van der Waals surface area contributed by atoms with Crippen molar-refractivity contribution in [3.63, 3.8) is 0 Å². The van der Waals surface area contributed by atoms with E-state index in [-0.39, 0.29) is 45.7 Å². The smallest absolute Gasteiger partial charge is 0.265 e. The van der Waals surface area contributed by atoms with Crippen molar-refractivity contribution < 1.29 is 199 Å². The standard InChI is InChI=1S/C19H31NO8.C17H26N2O7.C15H22N2O6.C15H31NO8.C13H26N2O7.C11H22N2O6/c20-28-16-17-1-2-18-19(15-17)27-14-12-25-10-8-23-6-4-21-3-5-22-7-9-24-11-13-26-18;18-19-17(20)14-1-2-15-16(13-14)26-12-10-24-8-6-22-4-3-21-5-7-23-9-11-25-15;16-17-15(18)12-1-2-13-14(11-12)23-10-8-21-6-4-19-3-5-20-7-9-22-13;16-24-14-15-13-22-10-9-20-6-5-18-2-1-17-3-4-19-7-8-21-11-12-23-15;14-15-13(16)12-11-21-8-7-19-4-3-17-1-2-18-5-6-20-9-10-22-12;12-13-11(14)10-9-18-6-5-16-2-1-15-3-4-17-7-8-19-10/h1-2,15H,3-14,16,20H2;1-2,13H,3-12,18H2,(H,19,20);1-2,11H,3-10,16H2,(H,17,18);15H,1-14,16H2;12H,1-11,14H2,(H,15,16);10H,1-9,12H2,(H,13,14). The Labute approximate surface area is 830 Å². The highest BCUT2D eigenvalue weighted by molar-refractivity contribution is 5.95. The number of ether oxygens (including phenoxy) is 36. The molecule has 3 atom stereocenters. The van der Waals surface area contributed by atoms with Crippen LogP contribution < -0.4 is 85.3 Å². The molecule has 0 aliphatic carbocycles. The van der Waals surface area contributed by atoms with E-state index in [1.54, 1.807) is 36.4 Å². The number of rotatable bonds is 8. The fraction of sp³-hybridized carbons (Fsp3) is 0.756. The van der Waals surface area contributed by atoms with Gasteiger partial charge >= 0.3 is 0 Å². The molecule has 9 rings (SSSR count). The van der Waals surface area contributed by atoms with E-state index in [1.807, 2.05) is 23.6 Å². The van der Waals surface area contributed by atoms with Gasteiger partial charge in [0.05, 0.1) is 390 Å². The second-order valence-corrected chi connectivity index (χ2v) is 28.9. The Morgan fingerprint density at radius 3 is 0.662 bits per heavy atom. The second-order valence-electron chi connectivity index (χ2n) is 28.9. The summed E-state index contributed by atoms with van der Waals surface area (Å²) in [7, 11) is 0. The number of nitrogen functional groups attached to an aromatic ring is 2. The van der Waals surface area contributed by atoms with Gasteiger partial charge in [0.1, 0.15) is 45.7 Å². The summed E-state index contributed by atoms with van der Waals surface area (Å²) in [6.07, 6.45) is -1.74. The Kier molecular flexibility index (Phi) is 85.9. The van der Waals surface area contributed by atoms with E-state index in [9.17, 15) is 19.2 Å². The molecule has 4 amide bonds. The van der Waals surface area contributed by atoms with Gasteiger partial charge < -0.3 is 175 Å². The van der Waals surface area contributed by atoms with Crippen molar-refractivity contribution in [2.24, 2.45) is 35.2 Å². The Morgan fingerprint density at radius 1 is 0.225 bits per heavy atom. The van der Waals surface area contributed by atoms with E-state index in [4.69, 9.17) is 206 Å². The maximum absolute atomic E-state index is 11.7. The summed E-state index contributed by atoms with van der Waals surface area (Å²) in [5.74, 6) is 32.3. The minimum atomic E-state index is -0.771. The topological polar surface area (TPSA) is 623 Å². The van der Waals surface area contributed by atoms with Crippen LogP contribution in [-0.4, -0.2) is 465 Å². The Balaban J connectivity index is 0.000000357. The third-order valence-electron chi connectivity index (χ3n) is 18.3. The number of carbonyl (C=O) groups is 4. The zero-order valence-electron chi connectivity index (χ0n) is 82.0. The molecule has 0 bridgehead atoms. The number of benzene rings is 3. The fourth-order valence-corrected chi connectivity index (χ4v) is 11.3. The Hall–Kier alpha value is -7.18. The van der Waals surface area contributed by atoms with Crippen molar-refractivity contribution in [2.75, 3.05) is 423 Å². The Morgan fingerprint density at radius 2 is 0.430 bits per heavy atom. The van der Waals surface area contributed by atoms with E-state index in [2.05, 4.69) is 26.0 Å². The molecule has 52 heteroatoms. The van der Waals surface area contributed by atoms with Crippen molar-refractivity contribution >= 4 is 23.6 Å². The van der Waals surface area contributed by atoms with Crippen LogP contribution >= 0.6 is 0 Å². The maximum Gasteiger partial charge on any atom is 0.265 e. The zero-order chi connectivity index (χ0) is 101. The quantitative estimate of drug-likeness (QED) is 0.0630. The predicted molar refractivity (Wildman–Crippen MR) is 501 cm³/mol. The van der Waals surface area contributed by atoms with E-state index < -0.39 is 35.8 Å². The van der Waals surface area contributed by atoms with Crippen molar-refractivity contribution in [1.29, 1.82) is 0 Å². The first kappa shape index (κ1) is 127. The average molecular weight is 2050 g/mol. The summed E-state index contributed by atoms with van der Waals surface area (Å²) < 4.78 is 196. The van der Waals surface area contributed by atoms with Crippen molar-refractivity contribution in [2.45, 2.75) is 24.9 Å². The van der Waals surface area contributed by atoms with Gasteiger partial charge in [-0.1, -0.05) is 6.07 Å². The van der Waals surface area contributed by atoms with Gasteiger partial charge in [0.25, 0.3) is 23.6 Å². The molecule has 6 heterocycles. The molecule has 820 valence electrons. The van der Waals surface area contributed by atoms with Crippen LogP contribution in [0.2, 0.25) is 0 Å². The van der Waals surface area contributed by atoms with Crippen LogP contribution in [0.15, 0.2) is 54.6 Å². The Bertz CT molecular complexity index is 3360. The highest BCUT2D eigenvalue weighted by Crippen LogP contribution is 2.31. The number of hydrogen-bond acceptors (Lipinski definition) is 48. The van der Waals surface area contributed by atoms with Crippen LogP contribution in [0.4, 0.5) is 0 Å². The lowest BCUT2D eigenvalue weighted by molar-refractivity contribution is -0.139. The first-order valence-corrected chi connectivity index (χ1v) is 47.4. The third kappa shape index (κ3) is 72.2.